The van der Waals surface area contributed by atoms with E-state index in [2.05, 4.69) is 16.9 Å². The molecule has 1 aromatic heterocycles. The van der Waals surface area contributed by atoms with E-state index in [9.17, 15) is 9.59 Å². The van der Waals surface area contributed by atoms with Gasteiger partial charge in [0.2, 0.25) is 5.91 Å². The molecular formula is C9H9ClIN3O2. The topological polar surface area (TPSA) is 64.0 Å². The van der Waals surface area contributed by atoms with Crippen LogP contribution in [0.1, 0.15) is 0 Å². The summed E-state index contributed by atoms with van der Waals surface area (Å²) in [5.74, 6) is -0.276. The van der Waals surface area contributed by atoms with Crippen molar-refractivity contribution >= 4 is 40.1 Å². The van der Waals surface area contributed by atoms with Gasteiger partial charge in [0.1, 0.15) is 15.3 Å². The average molecular weight is 354 g/mol. The summed E-state index contributed by atoms with van der Waals surface area (Å²) in [6, 6.07) is 0. The third-order valence-electron chi connectivity index (χ3n) is 1.70. The lowest BCUT2D eigenvalue weighted by Crippen LogP contribution is -2.33. The number of nitrogens with one attached hydrogen (secondary N) is 1. The van der Waals surface area contributed by atoms with Crippen LogP contribution in [0.2, 0.25) is 5.15 Å². The number of carbonyl (C=O) groups is 1. The molecule has 0 fully saturated rings. The third-order valence-corrected chi connectivity index (χ3v) is 3.28. The molecule has 0 aromatic carbocycles. The van der Waals surface area contributed by atoms with Gasteiger partial charge < -0.3 is 5.32 Å². The Kier molecular flexibility index (Phi) is 4.94. The van der Waals surface area contributed by atoms with Gasteiger partial charge in [-0.2, -0.15) is 0 Å². The second-order valence-corrected chi connectivity index (χ2v) is 4.31. The van der Waals surface area contributed by atoms with Gasteiger partial charge in [-0.25, -0.2) is 4.98 Å². The van der Waals surface area contributed by atoms with Crippen molar-refractivity contribution < 1.29 is 4.79 Å². The lowest BCUT2D eigenvalue weighted by molar-refractivity contribution is -0.121. The highest BCUT2D eigenvalue weighted by atomic mass is 127. The summed E-state index contributed by atoms with van der Waals surface area (Å²) in [6.45, 7) is 3.76. The Morgan fingerprint density at radius 3 is 3.06 bits per heavy atom. The van der Waals surface area contributed by atoms with E-state index in [1.54, 1.807) is 28.7 Å². The fourth-order valence-electron chi connectivity index (χ4n) is 0.953. The van der Waals surface area contributed by atoms with E-state index in [0.717, 1.165) is 0 Å². The van der Waals surface area contributed by atoms with Crippen LogP contribution in [0.5, 0.6) is 0 Å². The van der Waals surface area contributed by atoms with Gasteiger partial charge in [0.15, 0.2) is 0 Å². The van der Waals surface area contributed by atoms with Crippen molar-refractivity contribution in [1.82, 2.24) is 14.9 Å². The van der Waals surface area contributed by atoms with Gasteiger partial charge in [-0.1, -0.05) is 17.7 Å². The summed E-state index contributed by atoms with van der Waals surface area (Å²) in [6.07, 6.45) is 2.81. The molecule has 16 heavy (non-hydrogen) atoms. The fourth-order valence-corrected chi connectivity index (χ4v) is 1.53. The monoisotopic (exact) mass is 353 g/mol. The Balaban J connectivity index is 2.82. The van der Waals surface area contributed by atoms with Crippen molar-refractivity contribution in [3.63, 3.8) is 0 Å². The molecule has 0 spiro atoms. The quantitative estimate of drug-likeness (QED) is 0.495. The highest BCUT2D eigenvalue weighted by Gasteiger charge is 2.09. The number of rotatable bonds is 4. The van der Waals surface area contributed by atoms with Crippen LogP contribution >= 0.6 is 34.2 Å². The highest BCUT2D eigenvalue weighted by Crippen LogP contribution is 2.09. The van der Waals surface area contributed by atoms with Crippen LogP contribution in [-0.4, -0.2) is 22.0 Å². The Bertz CT molecular complexity index is 472. The van der Waals surface area contributed by atoms with E-state index in [1.807, 2.05) is 0 Å². The molecule has 0 saturated carbocycles. The van der Waals surface area contributed by atoms with Gasteiger partial charge in [-0.3, -0.25) is 14.2 Å². The van der Waals surface area contributed by atoms with E-state index in [4.69, 9.17) is 11.6 Å². The number of carbonyl (C=O) groups excluding carboxylic acids is 1. The molecule has 1 amide bonds. The van der Waals surface area contributed by atoms with Gasteiger partial charge in [0, 0.05) is 6.54 Å². The largest absolute Gasteiger partial charge is 0.351 e. The van der Waals surface area contributed by atoms with Crippen molar-refractivity contribution in [2.24, 2.45) is 0 Å². The molecule has 1 N–H and O–H groups in total. The highest BCUT2D eigenvalue weighted by molar-refractivity contribution is 14.1. The van der Waals surface area contributed by atoms with Gasteiger partial charge >= 0.3 is 0 Å². The molecule has 0 aliphatic heterocycles. The maximum atomic E-state index is 11.6. The molecule has 0 radical (unpaired) electrons. The van der Waals surface area contributed by atoms with Gasteiger partial charge in [0.25, 0.3) is 5.56 Å². The standard InChI is InChI=1S/C9H9ClIN3O2/c1-2-3-12-6(15)4-14-5-13-8(10)7(11)9(14)16/h2,5H,1,3-4H2,(H,12,15). The van der Waals surface area contributed by atoms with Gasteiger partial charge in [-0.15, -0.1) is 6.58 Å². The van der Waals surface area contributed by atoms with Crippen molar-refractivity contribution in [3.8, 4) is 0 Å². The van der Waals surface area contributed by atoms with Crippen molar-refractivity contribution in [1.29, 1.82) is 0 Å². The fraction of sp³-hybridized carbons (Fsp3) is 0.222. The first-order chi connectivity index (χ1) is 7.56. The van der Waals surface area contributed by atoms with Crippen LogP contribution in [0.4, 0.5) is 0 Å². The molecule has 0 aliphatic carbocycles. The van der Waals surface area contributed by atoms with E-state index in [0.29, 0.717) is 10.1 Å². The zero-order chi connectivity index (χ0) is 12.1. The molecule has 1 rings (SSSR count). The molecule has 0 atom stereocenters. The van der Waals surface area contributed by atoms with Crippen LogP contribution in [0, 0.1) is 3.57 Å². The molecule has 0 bridgehead atoms. The predicted molar refractivity (Wildman–Crippen MR) is 69.4 cm³/mol. The van der Waals surface area contributed by atoms with Crippen molar-refractivity contribution in [2.75, 3.05) is 6.54 Å². The Labute approximate surface area is 111 Å². The van der Waals surface area contributed by atoms with Gasteiger partial charge in [0.05, 0.1) is 6.33 Å². The average Bonchev–Trinajstić information content (AvgIpc) is 2.27. The number of hydrogen-bond acceptors (Lipinski definition) is 3. The predicted octanol–water partition coefficient (Wildman–Crippen LogP) is 0.803. The SMILES string of the molecule is C=CCNC(=O)Cn1cnc(Cl)c(I)c1=O. The van der Waals surface area contributed by atoms with E-state index in [-0.39, 0.29) is 23.2 Å². The Morgan fingerprint density at radius 1 is 1.75 bits per heavy atom. The molecule has 1 heterocycles. The van der Waals surface area contributed by atoms with Gasteiger partial charge in [-0.05, 0) is 22.6 Å². The molecule has 1 aromatic rings. The molecule has 0 aliphatic rings. The number of amides is 1. The summed E-state index contributed by atoms with van der Waals surface area (Å²) in [4.78, 5) is 26.8. The number of nitrogens with zero attached hydrogens (tertiary/aromatic N) is 2. The molecule has 0 saturated heterocycles. The van der Waals surface area contributed by atoms with Crippen LogP contribution in [0.3, 0.4) is 0 Å². The second-order valence-electron chi connectivity index (χ2n) is 2.88. The van der Waals surface area contributed by atoms with Crippen LogP contribution in [0.25, 0.3) is 0 Å². The molecule has 86 valence electrons. The maximum Gasteiger partial charge on any atom is 0.268 e. The minimum Gasteiger partial charge on any atom is -0.351 e. The zero-order valence-corrected chi connectivity index (χ0v) is 11.2. The van der Waals surface area contributed by atoms with Crippen molar-refractivity contribution in [2.45, 2.75) is 6.54 Å². The second kappa shape index (κ2) is 6.00. The Hall–Kier alpha value is -0.890. The third kappa shape index (κ3) is 3.31. The first-order valence-electron chi connectivity index (χ1n) is 4.34. The minimum atomic E-state index is -0.325. The summed E-state index contributed by atoms with van der Waals surface area (Å²) in [7, 11) is 0. The summed E-state index contributed by atoms with van der Waals surface area (Å²) in [5, 5.41) is 2.71. The number of aromatic nitrogens is 2. The molecule has 0 unspecified atom stereocenters. The van der Waals surface area contributed by atoms with Crippen LogP contribution in [0.15, 0.2) is 23.8 Å². The molecule has 7 heteroatoms. The number of halogens is 2. The van der Waals surface area contributed by atoms with E-state index in [1.165, 1.54) is 10.9 Å². The minimum absolute atomic E-state index is 0.0765. The van der Waals surface area contributed by atoms with E-state index < -0.39 is 0 Å². The Morgan fingerprint density at radius 2 is 2.44 bits per heavy atom. The maximum absolute atomic E-state index is 11.6. The smallest absolute Gasteiger partial charge is 0.268 e. The lowest BCUT2D eigenvalue weighted by atomic mass is 10.5. The first-order valence-corrected chi connectivity index (χ1v) is 5.80. The lowest BCUT2D eigenvalue weighted by Gasteiger charge is -2.06. The van der Waals surface area contributed by atoms with E-state index >= 15 is 0 Å². The molecular weight excluding hydrogens is 344 g/mol. The summed E-state index contributed by atoms with van der Waals surface area (Å²) >= 11 is 7.45. The molecule has 5 nitrogen and oxygen atoms in total. The first kappa shape index (κ1) is 13.2. The van der Waals surface area contributed by atoms with Crippen LogP contribution in [-0.2, 0) is 11.3 Å². The zero-order valence-electron chi connectivity index (χ0n) is 8.24. The summed E-state index contributed by atoms with van der Waals surface area (Å²) < 4.78 is 1.50. The summed E-state index contributed by atoms with van der Waals surface area (Å²) in [5.41, 5.74) is -0.325. The van der Waals surface area contributed by atoms with Crippen molar-refractivity contribution in [3.05, 3.63) is 38.1 Å². The van der Waals surface area contributed by atoms with Crippen LogP contribution < -0.4 is 10.9 Å². The normalized spacial score (nSPS) is 9.88. The number of hydrogen-bond donors (Lipinski definition) is 1.